The molecule has 0 radical (unpaired) electrons. The van der Waals surface area contributed by atoms with Crippen molar-refractivity contribution in [1.29, 1.82) is 0 Å². The number of aryl methyl sites for hydroxylation is 1. The Kier molecular flexibility index (Phi) is 5.30. The van der Waals surface area contributed by atoms with Gasteiger partial charge in [-0.25, -0.2) is 9.97 Å². The van der Waals surface area contributed by atoms with E-state index in [2.05, 4.69) is 25.3 Å². The van der Waals surface area contributed by atoms with Crippen LogP contribution in [0.3, 0.4) is 0 Å². The number of hydrogen-bond donors (Lipinski definition) is 1. The number of aromatic nitrogens is 4. The Bertz CT molecular complexity index is 687. The fraction of sp³-hybridized carbons (Fsp3) is 0.471. The van der Waals surface area contributed by atoms with Crippen LogP contribution in [-0.2, 0) is 4.79 Å². The molecule has 1 saturated carbocycles. The van der Waals surface area contributed by atoms with Crippen LogP contribution in [-0.4, -0.2) is 38.5 Å². The second-order valence-electron chi connectivity index (χ2n) is 5.95. The summed E-state index contributed by atoms with van der Waals surface area (Å²) >= 11 is 0. The molecule has 1 aliphatic rings. The van der Waals surface area contributed by atoms with E-state index in [-0.39, 0.29) is 18.6 Å². The van der Waals surface area contributed by atoms with Crippen molar-refractivity contribution >= 4 is 5.91 Å². The van der Waals surface area contributed by atoms with Crippen molar-refractivity contribution in [3.8, 4) is 17.4 Å². The molecule has 7 heteroatoms. The van der Waals surface area contributed by atoms with Crippen molar-refractivity contribution in [2.75, 3.05) is 6.61 Å². The van der Waals surface area contributed by atoms with E-state index < -0.39 is 0 Å². The molecule has 2 aromatic rings. The van der Waals surface area contributed by atoms with Gasteiger partial charge in [0.15, 0.2) is 12.4 Å². The minimum atomic E-state index is -0.112. The SMILES string of the molecule is Cc1cc(OCC(=O)NC2CCCCC2)nc(-c2cnccn2)n1. The van der Waals surface area contributed by atoms with Crippen LogP contribution in [0.1, 0.15) is 37.8 Å². The van der Waals surface area contributed by atoms with Crippen LogP contribution >= 0.6 is 0 Å². The highest BCUT2D eigenvalue weighted by molar-refractivity contribution is 5.77. The lowest BCUT2D eigenvalue weighted by Gasteiger charge is -2.22. The first-order valence-corrected chi connectivity index (χ1v) is 8.25. The molecule has 3 rings (SSSR count). The third-order valence-corrected chi connectivity index (χ3v) is 3.94. The maximum Gasteiger partial charge on any atom is 0.258 e. The Morgan fingerprint density at radius 3 is 2.83 bits per heavy atom. The molecule has 1 N–H and O–H groups in total. The smallest absolute Gasteiger partial charge is 0.258 e. The van der Waals surface area contributed by atoms with Crippen molar-refractivity contribution in [3.05, 3.63) is 30.4 Å². The molecule has 126 valence electrons. The van der Waals surface area contributed by atoms with Crippen molar-refractivity contribution < 1.29 is 9.53 Å². The summed E-state index contributed by atoms with van der Waals surface area (Å²) in [6.45, 7) is 1.80. The van der Waals surface area contributed by atoms with Crippen LogP contribution in [0.15, 0.2) is 24.7 Å². The number of nitrogens with zero attached hydrogens (tertiary/aromatic N) is 4. The van der Waals surface area contributed by atoms with Gasteiger partial charge >= 0.3 is 0 Å². The molecule has 0 aromatic carbocycles. The molecular formula is C17H21N5O2. The zero-order valence-electron chi connectivity index (χ0n) is 13.7. The minimum Gasteiger partial charge on any atom is -0.467 e. The van der Waals surface area contributed by atoms with Gasteiger partial charge in [-0.1, -0.05) is 19.3 Å². The average Bonchev–Trinajstić information content (AvgIpc) is 2.61. The summed E-state index contributed by atoms with van der Waals surface area (Å²) in [7, 11) is 0. The predicted molar refractivity (Wildman–Crippen MR) is 88.3 cm³/mol. The number of rotatable bonds is 5. The zero-order chi connectivity index (χ0) is 16.8. The molecular weight excluding hydrogens is 306 g/mol. The predicted octanol–water partition coefficient (Wildman–Crippen LogP) is 2.07. The molecule has 1 aliphatic carbocycles. The number of hydrogen-bond acceptors (Lipinski definition) is 6. The fourth-order valence-electron chi connectivity index (χ4n) is 2.80. The molecule has 2 aromatic heterocycles. The minimum absolute atomic E-state index is 0.0487. The monoisotopic (exact) mass is 327 g/mol. The van der Waals surface area contributed by atoms with Crippen LogP contribution < -0.4 is 10.1 Å². The van der Waals surface area contributed by atoms with Crippen LogP contribution in [0.4, 0.5) is 0 Å². The first-order valence-electron chi connectivity index (χ1n) is 8.25. The molecule has 0 spiro atoms. The van der Waals surface area contributed by atoms with Crippen molar-refractivity contribution in [3.63, 3.8) is 0 Å². The summed E-state index contributed by atoms with van der Waals surface area (Å²) in [5.74, 6) is 0.687. The van der Waals surface area contributed by atoms with Gasteiger partial charge in [-0.2, -0.15) is 4.98 Å². The molecule has 0 unspecified atom stereocenters. The Hall–Kier alpha value is -2.57. The second-order valence-corrected chi connectivity index (χ2v) is 5.95. The van der Waals surface area contributed by atoms with E-state index in [4.69, 9.17) is 4.74 Å². The Morgan fingerprint density at radius 2 is 2.08 bits per heavy atom. The fourth-order valence-corrected chi connectivity index (χ4v) is 2.80. The maximum absolute atomic E-state index is 12.0. The number of carbonyl (C=O) groups is 1. The topological polar surface area (TPSA) is 89.9 Å². The van der Waals surface area contributed by atoms with E-state index in [0.717, 1.165) is 18.5 Å². The third kappa shape index (κ3) is 4.47. The van der Waals surface area contributed by atoms with Gasteiger partial charge in [-0.15, -0.1) is 0 Å². The molecule has 0 aliphatic heterocycles. The number of nitrogens with one attached hydrogen (secondary N) is 1. The van der Waals surface area contributed by atoms with E-state index in [9.17, 15) is 4.79 Å². The van der Waals surface area contributed by atoms with Crippen molar-refractivity contribution in [2.24, 2.45) is 0 Å². The highest BCUT2D eigenvalue weighted by Crippen LogP contribution is 2.18. The molecule has 24 heavy (non-hydrogen) atoms. The van der Waals surface area contributed by atoms with E-state index in [1.165, 1.54) is 19.3 Å². The highest BCUT2D eigenvalue weighted by Gasteiger charge is 2.16. The first kappa shape index (κ1) is 16.3. The lowest BCUT2D eigenvalue weighted by molar-refractivity contribution is -0.124. The quantitative estimate of drug-likeness (QED) is 0.904. The van der Waals surface area contributed by atoms with Crippen LogP contribution in [0.25, 0.3) is 11.5 Å². The molecule has 0 bridgehead atoms. The third-order valence-electron chi connectivity index (χ3n) is 3.94. The molecule has 0 saturated heterocycles. The van der Waals surface area contributed by atoms with Gasteiger partial charge in [0.1, 0.15) is 5.69 Å². The average molecular weight is 327 g/mol. The summed E-state index contributed by atoms with van der Waals surface area (Å²) in [5, 5.41) is 3.02. The van der Waals surface area contributed by atoms with E-state index in [0.29, 0.717) is 17.4 Å². The van der Waals surface area contributed by atoms with Gasteiger partial charge in [0, 0.05) is 30.2 Å². The number of carbonyl (C=O) groups excluding carboxylic acids is 1. The number of amides is 1. The van der Waals surface area contributed by atoms with Gasteiger partial charge in [0.05, 0.1) is 6.20 Å². The normalized spacial score (nSPS) is 15.0. The van der Waals surface area contributed by atoms with E-state index in [1.807, 2.05) is 6.92 Å². The largest absolute Gasteiger partial charge is 0.467 e. The van der Waals surface area contributed by atoms with Gasteiger partial charge in [0.2, 0.25) is 5.88 Å². The zero-order valence-corrected chi connectivity index (χ0v) is 13.7. The van der Waals surface area contributed by atoms with Gasteiger partial charge < -0.3 is 10.1 Å². The van der Waals surface area contributed by atoms with E-state index >= 15 is 0 Å². The van der Waals surface area contributed by atoms with Crippen LogP contribution in [0, 0.1) is 6.92 Å². The Balaban J connectivity index is 1.60. The number of ether oxygens (including phenoxy) is 1. The Labute approximate surface area is 140 Å². The molecule has 0 atom stereocenters. The summed E-state index contributed by atoms with van der Waals surface area (Å²) in [5.41, 5.74) is 1.31. The van der Waals surface area contributed by atoms with Crippen LogP contribution in [0.2, 0.25) is 0 Å². The molecule has 1 amide bonds. The molecule has 7 nitrogen and oxygen atoms in total. The van der Waals surface area contributed by atoms with Gasteiger partial charge in [0.25, 0.3) is 5.91 Å². The molecule has 1 fully saturated rings. The van der Waals surface area contributed by atoms with Gasteiger partial charge in [-0.3, -0.25) is 9.78 Å². The first-order chi connectivity index (χ1) is 11.7. The Morgan fingerprint density at radius 1 is 1.25 bits per heavy atom. The highest BCUT2D eigenvalue weighted by atomic mass is 16.5. The standard InChI is InChI=1S/C17H21N5O2/c1-12-9-16(22-17(20-12)14-10-18-7-8-19-14)24-11-15(23)21-13-5-3-2-4-6-13/h7-10,13H,2-6,11H2,1H3,(H,21,23). The van der Waals surface area contributed by atoms with Crippen LogP contribution in [0.5, 0.6) is 5.88 Å². The van der Waals surface area contributed by atoms with E-state index in [1.54, 1.807) is 24.7 Å². The summed E-state index contributed by atoms with van der Waals surface area (Å²) in [4.78, 5) is 28.9. The van der Waals surface area contributed by atoms with Gasteiger partial charge in [-0.05, 0) is 19.8 Å². The van der Waals surface area contributed by atoms with Crippen molar-refractivity contribution in [2.45, 2.75) is 45.1 Å². The molecule has 2 heterocycles. The lowest BCUT2D eigenvalue weighted by Crippen LogP contribution is -2.39. The summed E-state index contributed by atoms with van der Waals surface area (Å²) < 4.78 is 5.54. The summed E-state index contributed by atoms with van der Waals surface area (Å²) in [6.07, 6.45) is 10.5. The second kappa shape index (κ2) is 7.81. The maximum atomic E-state index is 12.0. The lowest BCUT2D eigenvalue weighted by atomic mass is 9.95. The summed E-state index contributed by atoms with van der Waals surface area (Å²) in [6, 6.07) is 1.98. The van der Waals surface area contributed by atoms with Crippen molar-refractivity contribution in [1.82, 2.24) is 25.3 Å².